The fraction of sp³-hybridized carbons (Fsp3) is 0.875. The maximum Gasteiger partial charge on any atom is 0.221 e. The third-order valence-corrected chi connectivity index (χ3v) is 2.24. The first-order valence-corrected chi connectivity index (χ1v) is 5.38. The Morgan fingerprint density at radius 2 is 2.50 bits per heavy atom. The summed E-state index contributed by atoms with van der Waals surface area (Å²) in [5.74, 6) is 0.113. The van der Waals surface area contributed by atoms with Crippen LogP contribution in [0.4, 0.5) is 0 Å². The zero-order valence-electron chi connectivity index (χ0n) is 7.01. The van der Waals surface area contributed by atoms with E-state index in [1.54, 1.807) is 0 Å². The molecule has 0 saturated carbocycles. The molecule has 1 N–H and O–H groups in total. The van der Waals surface area contributed by atoms with Gasteiger partial charge < -0.3 is 10.1 Å². The topological polar surface area (TPSA) is 38.3 Å². The molecule has 1 saturated heterocycles. The molecular formula is C8H14BrNO2. The summed E-state index contributed by atoms with van der Waals surface area (Å²) in [6.45, 7) is 1.51. The van der Waals surface area contributed by atoms with Crippen LogP contribution in [0.5, 0.6) is 0 Å². The summed E-state index contributed by atoms with van der Waals surface area (Å²) >= 11 is 3.22. The van der Waals surface area contributed by atoms with Crippen molar-refractivity contribution in [3.05, 3.63) is 0 Å². The van der Waals surface area contributed by atoms with Crippen LogP contribution in [0.15, 0.2) is 0 Å². The second-order valence-electron chi connectivity index (χ2n) is 2.92. The number of halogens is 1. The minimum absolute atomic E-state index is 0.113. The zero-order valence-corrected chi connectivity index (χ0v) is 8.60. The summed E-state index contributed by atoms with van der Waals surface area (Å²) in [7, 11) is 0. The van der Waals surface area contributed by atoms with Gasteiger partial charge in [-0.25, -0.2) is 0 Å². The molecule has 1 heterocycles. The summed E-state index contributed by atoms with van der Waals surface area (Å²) in [5, 5.41) is 3.65. The monoisotopic (exact) mass is 235 g/mol. The molecule has 1 amide bonds. The highest BCUT2D eigenvalue weighted by Crippen LogP contribution is 2.05. The molecule has 1 aliphatic heterocycles. The Labute approximate surface area is 81.0 Å². The first-order chi connectivity index (χ1) is 5.83. The van der Waals surface area contributed by atoms with Crippen molar-refractivity contribution in [3.63, 3.8) is 0 Å². The number of nitrogens with one attached hydrogen (secondary N) is 1. The standard InChI is InChI=1S/C8H14BrNO2/c9-4-3-8(11)10-7-2-1-5-12-6-7/h7H,1-6H2,(H,10,11). The molecule has 12 heavy (non-hydrogen) atoms. The molecule has 0 radical (unpaired) electrons. The maximum atomic E-state index is 11.1. The van der Waals surface area contributed by atoms with E-state index in [2.05, 4.69) is 21.2 Å². The number of carbonyl (C=O) groups excluding carboxylic acids is 1. The van der Waals surface area contributed by atoms with Gasteiger partial charge in [0.15, 0.2) is 0 Å². The van der Waals surface area contributed by atoms with Crippen molar-refractivity contribution < 1.29 is 9.53 Å². The van der Waals surface area contributed by atoms with E-state index in [0.717, 1.165) is 24.8 Å². The van der Waals surface area contributed by atoms with E-state index in [-0.39, 0.29) is 11.9 Å². The average Bonchev–Trinajstić information content (AvgIpc) is 2.06. The molecule has 70 valence electrons. The first-order valence-electron chi connectivity index (χ1n) is 4.26. The Morgan fingerprint density at radius 3 is 3.08 bits per heavy atom. The molecule has 0 aromatic rings. The Balaban J connectivity index is 2.15. The van der Waals surface area contributed by atoms with Crippen LogP contribution in [-0.4, -0.2) is 30.5 Å². The van der Waals surface area contributed by atoms with Gasteiger partial charge in [0.1, 0.15) is 0 Å². The average molecular weight is 236 g/mol. The molecule has 0 aromatic heterocycles. The summed E-state index contributed by atoms with van der Waals surface area (Å²) in [6, 6.07) is 0.241. The first kappa shape index (κ1) is 9.99. The number of rotatable bonds is 3. The van der Waals surface area contributed by atoms with Gasteiger partial charge in [-0.2, -0.15) is 0 Å². The van der Waals surface area contributed by atoms with Crippen molar-refractivity contribution in [1.29, 1.82) is 0 Å². The molecule has 1 fully saturated rings. The SMILES string of the molecule is O=C(CCBr)NC1CCCOC1. The number of hydrogen-bond acceptors (Lipinski definition) is 2. The third kappa shape index (κ3) is 3.54. The van der Waals surface area contributed by atoms with Crippen molar-refractivity contribution >= 4 is 21.8 Å². The van der Waals surface area contributed by atoms with E-state index in [9.17, 15) is 4.79 Å². The van der Waals surface area contributed by atoms with Crippen molar-refractivity contribution in [1.82, 2.24) is 5.32 Å². The number of amides is 1. The minimum atomic E-state index is 0.113. The van der Waals surface area contributed by atoms with Crippen LogP contribution < -0.4 is 5.32 Å². The van der Waals surface area contributed by atoms with Crippen LogP contribution in [0.3, 0.4) is 0 Å². The summed E-state index contributed by atoms with van der Waals surface area (Å²) in [5.41, 5.74) is 0. The summed E-state index contributed by atoms with van der Waals surface area (Å²) in [6.07, 6.45) is 2.66. The lowest BCUT2D eigenvalue weighted by molar-refractivity contribution is -0.122. The number of hydrogen-bond donors (Lipinski definition) is 1. The second-order valence-corrected chi connectivity index (χ2v) is 3.71. The highest BCUT2D eigenvalue weighted by molar-refractivity contribution is 9.09. The van der Waals surface area contributed by atoms with E-state index in [1.807, 2.05) is 0 Å². The van der Waals surface area contributed by atoms with E-state index >= 15 is 0 Å². The highest BCUT2D eigenvalue weighted by atomic mass is 79.9. The van der Waals surface area contributed by atoms with Crippen molar-refractivity contribution in [3.8, 4) is 0 Å². The highest BCUT2D eigenvalue weighted by Gasteiger charge is 2.15. The van der Waals surface area contributed by atoms with Crippen LogP contribution >= 0.6 is 15.9 Å². The summed E-state index contributed by atoms with van der Waals surface area (Å²) < 4.78 is 5.23. The lowest BCUT2D eigenvalue weighted by Crippen LogP contribution is -2.40. The fourth-order valence-corrected chi connectivity index (χ4v) is 1.60. The van der Waals surface area contributed by atoms with E-state index in [4.69, 9.17) is 4.74 Å². The number of carbonyl (C=O) groups is 1. The lowest BCUT2D eigenvalue weighted by Gasteiger charge is -2.22. The summed E-state index contributed by atoms with van der Waals surface area (Å²) in [4.78, 5) is 11.1. The van der Waals surface area contributed by atoms with Gasteiger partial charge in [0, 0.05) is 18.4 Å². The predicted octanol–water partition coefficient (Wildman–Crippen LogP) is 1.07. The molecule has 4 heteroatoms. The molecule has 0 aliphatic carbocycles. The van der Waals surface area contributed by atoms with E-state index < -0.39 is 0 Å². The van der Waals surface area contributed by atoms with Gasteiger partial charge in [-0.3, -0.25) is 4.79 Å². The molecule has 0 bridgehead atoms. The Morgan fingerprint density at radius 1 is 1.67 bits per heavy atom. The van der Waals surface area contributed by atoms with Gasteiger partial charge in [-0.1, -0.05) is 15.9 Å². The Hall–Kier alpha value is -0.0900. The molecular weight excluding hydrogens is 222 g/mol. The normalized spacial score (nSPS) is 23.6. The second kappa shape index (κ2) is 5.54. The van der Waals surface area contributed by atoms with Gasteiger partial charge in [-0.05, 0) is 12.8 Å². The van der Waals surface area contributed by atoms with Crippen LogP contribution in [0.25, 0.3) is 0 Å². The van der Waals surface area contributed by atoms with Gasteiger partial charge in [0.2, 0.25) is 5.91 Å². The van der Waals surface area contributed by atoms with Gasteiger partial charge in [0.25, 0.3) is 0 Å². The van der Waals surface area contributed by atoms with Crippen molar-refractivity contribution in [2.45, 2.75) is 25.3 Å². The van der Waals surface area contributed by atoms with Crippen LogP contribution in [-0.2, 0) is 9.53 Å². The molecule has 0 aromatic carbocycles. The molecule has 1 rings (SSSR count). The predicted molar refractivity (Wildman–Crippen MR) is 50.4 cm³/mol. The smallest absolute Gasteiger partial charge is 0.221 e. The molecule has 1 unspecified atom stereocenters. The molecule has 3 nitrogen and oxygen atoms in total. The van der Waals surface area contributed by atoms with Crippen molar-refractivity contribution in [2.75, 3.05) is 18.5 Å². The Bertz CT molecular complexity index is 146. The van der Waals surface area contributed by atoms with E-state index in [0.29, 0.717) is 13.0 Å². The molecule has 1 atom stereocenters. The van der Waals surface area contributed by atoms with Crippen LogP contribution in [0.1, 0.15) is 19.3 Å². The zero-order chi connectivity index (χ0) is 8.81. The van der Waals surface area contributed by atoms with Crippen LogP contribution in [0.2, 0.25) is 0 Å². The lowest BCUT2D eigenvalue weighted by atomic mass is 10.1. The fourth-order valence-electron chi connectivity index (χ4n) is 1.24. The number of alkyl halides is 1. The largest absolute Gasteiger partial charge is 0.379 e. The van der Waals surface area contributed by atoms with Gasteiger partial charge >= 0.3 is 0 Å². The minimum Gasteiger partial charge on any atom is -0.379 e. The maximum absolute atomic E-state index is 11.1. The van der Waals surface area contributed by atoms with Gasteiger partial charge in [0.05, 0.1) is 12.6 Å². The third-order valence-electron chi connectivity index (χ3n) is 1.85. The van der Waals surface area contributed by atoms with Crippen molar-refractivity contribution in [2.24, 2.45) is 0 Å². The molecule has 0 spiro atoms. The van der Waals surface area contributed by atoms with E-state index in [1.165, 1.54) is 0 Å². The quantitative estimate of drug-likeness (QED) is 0.744. The molecule has 1 aliphatic rings. The Kier molecular flexibility index (Phi) is 4.61. The van der Waals surface area contributed by atoms with Crippen LogP contribution in [0, 0.1) is 0 Å². The number of ether oxygens (including phenoxy) is 1. The van der Waals surface area contributed by atoms with Gasteiger partial charge in [-0.15, -0.1) is 0 Å².